The zero-order valence-corrected chi connectivity index (χ0v) is 11.3. The minimum atomic E-state index is -0.377. The second-order valence-electron chi connectivity index (χ2n) is 4.64. The van der Waals surface area contributed by atoms with Crippen LogP contribution in [0.3, 0.4) is 0 Å². The van der Waals surface area contributed by atoms with Crippen LogP contribution in [-0.2, 0) is 11.3 Å². The molecule has 6 nitrogen and oxygen atoms in total. The molecule has 1 aromatic carbocycles. The SMILES string of the molecule is CN=CC=C(N)OCc1c(C2CC2)cccc1[N+](=O)[O-]. The van der Waals surface area contributed by atoms with E-state index in [1.165, 1.54) is 18.4 Å². The lowest BCUT2D eigenvalue weighted by Crippen LogP contribution is -2.07. The van der Waals surface area contributed by atoms with Crippen molar-refractivity contribution >= 4 is 11.9 Å². The van der Waals surface area contributed by atoms with E-state index in [1.807, 2.05) is 6.07 Å². The summed E-state index contributed by atoms with van der Waals surface area (Å²) >= 11 is 0. The summed E-state index contributed by atoms with van der Waals surface area (Å²) in [6.45, 7) is 0.100. The number of nitro benzene ring substituents is 1. The fourth-order valence-electron chi connectivity index (χ4n) is 2.05. The second-order valence-corrected chi connectivity index (χ2v) is 4.64. The first-order valence-electron chi connectivity index (χ1n) is 6.40. The molecule has 2 rings (SSSR count). The number of rotatable bonds is 6. The standard InChI is InChI=1S/C14H17N3O3/c1-16-8-7-14(15)20-9-12-11(10-5-6-10)3-2-4-13(12)17(18)19/h2-4,7-8,10H,5-6,9,15H2,1H3. The molecule has 0 radical (unpaired) electrons. The number of ether oxygens (including phenoxy) is 1. The molecule has 0 saturated heterocycles. The van der Waals surface area contributed by atoms with Gasteiger partial charge in [0.2, 0.25) is 0 Å². The fraction of sp³-hybridized carbons (Fsp3) is 0.357. The highest BCUT2D eigenvalue weighted by Crippen LogP contribution is 2.43. The third-order valence-electron chi connectivity index (χ3n) is 3.17. The number of nitrogens with zero attached hydrogens (tertiary/aromatic N) is 2. The van der Waals surface area contributed by atoms with Gasteiger partial charge in [-0.2, -0.15) is 0 Å². The van der Waals surface area contributed by atoms with Crippen molar-refractivity contribution in [1.29, 1.82) is 0 Å². The minimum Gasteiger partial charge on any atom is -0.474 e. The molecule has 1 aliphatic carbocycles. The number of aliphatic imine (C=N–C) groups is 1. The molecular weight excluding hydrogens is 258 g/mol. The smallest absolute Gasteiger partial charge is 0.276 e. The fourth-order valence-corrected chi connectivity index (χ4v) is 2.05. The molecule has 0 bridgehead atoms. The average Bonchev–Trinajstić information content (AvgIpc) is 3.26. The Bertz CT molecular complexity index is 563. The molecule has 1 saturated carbocycles. The van der Waals surface area contributed by atoms with Crippen molar-refractivity contribution in [2.75, 3.05) is 7.05 Å². The molecule has 1 aliphatic rings. The first kappa shape index (κ1) is 14.0. The zero-order valence-electron chi connectivity index (χ0n) is 11.3. The summed E-state index contributed by atoms with van der Waals surface area (Å²) in [5, 5.41) is 11.1. The summed E-state index contributed by atoms with van der Waals surface area (Å²) in [6, 6.07) is 5.15. The Morgan fingerprint density at radius 1 is 1.60 bits per heavy atom. The van der Waals surface area contributed by atoms with Crippen LogP contribution in [0, 0.1) is 10.1 Å². The van der Waals surface area contributed by atoms with E-state index in [4.69, 9.17) is 10.5 Å². The van der Waals surface area contributed by atoms with Crippen LogP contribution in [0.4, 0.5) is 5.69 Å². The topological polar surface area (TPSA) is 90.8 Å². The van der Waals surface area contributed by atoms with Crippen LogP contribution in [0.15, 0.2) is 35.2 Å². The van der Waals surface area contributed by atoms with Crippen molar-refractivity contribution in [2.45, 2.75) is 25.4 Å². The Morgan fingerprint density at radius 2 is 2.35 bits per heavy atom. The summed E-state index contributed by atoms with van der Waals surface area (Å²) < 4.78 is 5.38. The minimum absolute atomic E-state index is 0.0892. The maximum atomic E-state index is 11.1. The van der Waals surface area contributed by atoms with Crippen LogP contribution in [0.2, 0.25) is 0 Å². The molecule has 6 heteroatoms. The molecule has 0 amide bonds. The lowest BCUT2D eigenvalue weighted by Gasteiger charge is -2.10. The van der Waals surface area contributed by atoms with Crippen LogP contribution >= 0.6 is 0 Å². The first-order valence-corrected chi connectivity index (χ1v) is 6.40. The molecule has 106 valence electrons. The molecule has 0 unspecified atom stereocenters. The number of nitro groups is 1. The Hall–Kier alpha value is -2.37. The van der Waals surface area contributed by atoms with Crippen molar-refractivity contribution in [1.82, 2.24) is 0 Å². The van der Waals surface area contributed by atoms with E-state index in [0.717, 1.165) is 18.4 Å². The highest BCUT2D eigenvalue weighted by Gasteiger charge is 2.29. The van der Waals surface area contributed by atoms with E-state index < -0.39 is 0 Å². The van der Waals surface area contributed by atoms with Gasteiger partial charge in [0.05, 0.1) is 10.5 Å². The van der Waals surface area contributed by atoms with E-state index >= 15 is 0 Å². The van der Waals surface area contributed by atoms with E-state index in [0.29, 0.717) is 11.5 Å². The van der Waals surface area contributed by atoms with Gasteiger partial charge >= 0.3 is 0 Å². The molecule has 0 atom stereocenters. The molecule has 0 aliphatic heterocycles. The first-order chi connectivity index (χ1) is 9.63. The van der Waals surface area contributed by atoms with Gasteiger partial charge in [-0.15, -0.1) is 0 Å². The molecular formula is C14H17N3O3. The van der Waals surface area contributed by atoms with Crippen molar-refractivity contribution in [3.63, 3.8) is 0 Å². The molecule has 0 spiro atoms. The monoisotopic (exact) mass is 275 g/mol. The van der Waals surface area contributed by atoms with Gasteiger partial charge in [-0.1, -0.05) is 12.1 Å². The zero-order chi connectivity index (χ0) is 14.5. The number of hydrogen-bond acceptors (Lipinski definition) is 5. The lowest BCUT2D eigenvalue weighted by atomic mass is 10.0. The largest absolute Gasteiger partial charge is 0.474 e. The molecule has 0 aromatic heterocycles. The predicted molar refractivity (Wildman–Crippen MR) is 76.5 cm³/mol. The summed E-state index contributed by atoms with van der Waals surface area (Å²) in [5.41, 5.74) is 7.35. The molecule has 2 N–H and O–H groups in total. The molecule has 1 fully saturated rings. The van der Waals surface area contributed by atoms with Crippen LogP contribution in [0.1, 0.15) is 29.9 Å². The Morgan fingerprint density at radius 3 is 2.95 bits per heavy atom. The van der Waals surface area contributed by atoms with Crippen LogP contribution < -0.4 is 5.73 Å². The third kappa shape index (κ3) is 3.34. The Balaban J connectivity index is 2.22. The summed E-state index contributed by atoms with van der Waals surface area (Å²) in [5.74, 6) is 0.603. The highest BCUT2D eigenvalue weighted by atomic mass is 16.6. The highest BCUT2D eigenvalue weighted by molar-refractivity contribution is 5.71. The number of hydrogen-bond donors (Lipinski definition) is 1. The third-order valence-corrected chi connectivity index (χ3v) is 3.17. The summed E-state index contributed by atoms with van der Waals surface area (Å²) in [4.78, 5) is 14.5. The van der Waals surface area contributed by atoms with E-state index in [1.54, 1.807) is 13.1 Å². The van der Waals surface area contributed by atoms with Crippen LogP contribution in [0.5, 0.6) is 0 Å². The molecule has 20 heavy (non-hydrogen) atoms. The predicted octanol–water partition coefficient (Wildman–Crippen LogP) is 2.49. The van der Waals surface area contributed by atoms with Gasteiger partial charge in [0, 0.05) is 25.4 Å². The van der Waals surface area contributed by atoms with Gasteiger partial charge in [-0.25, -0.2) is 0 Å². The van der Waals surface area contributed by atoms with Gasteiger partial charge in [-0.05, 0) is 24.3 Å². The lowest BCUT2D eigenvalue weighted by molar-refractivity contribution is -0.386. The van der Waals surface area contributed by atoms with Crippen LogP contribution in [-0.4, -0.2) is 18.2 Å². The normalized spacial score (nSPS) is 15.6. The van der Waals surface area contributed by atoms with Gasteiger partial charge in [0.25, 0.3) is 5.69 Å². The Kier molecular flexibility index (Phi) is 4.34. The van der Waals surface area contributed by atoms with E-state index in [9.17, 15) is 10.1 Å². The summed E-state index contributed by atoms with van der Waals surface area (Å²) in [6.07, 6.45) is 5.17. The quantitative estimate of drug-likeness (QED) is 0.373. The van der Waals surface area contributed by atoms with Crippen molar-refractivity contribution in [2.24, 2.45) is 10.7 Å². The number of benzene rings is 1. The van der Waals surface area contributed by atoms with Gasteiger partial charge in [0.15, 0.2) is 5.88 Å². The Labute approximate surface area is 117 Å². The van der Waals surface area contributed by atoms with E-state index in [-0.39, 0.29) is 23.1 Å². The maximum absolute atomic E-state index is 11.1. The van der Waals surface area contributed by atoms with Crippen LogP contribution in [0.25, 0.3) is 0 Å². The van der Waals surface area contributed by atoms with Gasteiger partial charge < -0.3 is 10.5 Å². The maximum Gasteiger partial charge on any atom is 0.276 e. The second kappa shape index (κ2) is 6.18. The molecule has 1 aromatic rings. The summed E-state index contributed by atoms with van der Waals surface area (Å²) in [7, 11) is 1.62. The average molecular weight is 275 g/mol. The van der Waals surface area contributed by atoms with E-state index in [2.05, 4.69) is 4.99 Å². The van der Waals surface area contributed by atoms with Gasteiger partial charge in [-0.3, -0.25) is 15.1 Å². The van der Waals surface area contributed by atoms with Gasteiger partial charge in [0.1, 0.15) is 6.61 Å². The van der Waals surface area contributed by atoms with Crippen molar-refractivity contribution < 1.29 is 9.66 Å². The van der Waals surface area contributed by atoms with Crippen molar-refractivity contribution in [3.8, 4) is 0 Å². The number of allylic oxidation sites excluding steroid dienone is 1. The van der Waals surface area contributed by atoms with Crippen molar-refractivity contribution in [3.05, 3.63) is 51.4 Å². The molecule has 0 heterocycles. The number of nitrogens with two attached hydrogens (primary N) is 1.